The van der Waals surface area contributed by atoms with Crippen LogP contribution in [0.3, 0.4) is 0 Å². The van der Waals surface area contributed by atoms with E-state index in [1.807, 2.05) is 18.2 Å². The van der Waals surface area contributed by atoms with Crippen molar-refractivity contribution in [3.8, 4) is 0 Å². The standard InChI is InChI=1S/C12H17O2S/c13-9-5-11-15(14)10-4-8-12-6-2-1-3-7-12/h1-3,6-7H,4-5,8-11H2. The van der Waals surface area contributed by atoms with Crippen LogP contribution in [0.25, 0.3) is 0 Å². The van der Waals surface area contributed by atoms with Crippen LogP contribution in [0.4, 0.5) is 0 Å². The normalized spacial score (nSPS) is 12.7. The molecule has 0 aliphatic rings. The predicted octanol–water partition coefficient (Wildman–Crippen LogP) is 2.19. The lowest BCUT2D eigenvalue weighted by molar-refractivity contribution is 0.194. The van der Waals surface area contributed by atoms with Gasteiger partial charge in [0.25, 0.3) is 0 Å². The topological polar surface area (TPSA) is 43.0 Å². The molecule has 1 radical (unpaired) electrons. The molecule has 83 valence electrons. The molecule has 0 spiro atoms. The molecule has 2 nitrogen and oxygen atoms in total. The van der Waals surface area contributed by atoms with E-state index < -0.39 is 11.2 Å². The number of rotatable bonds is 7. The van der Waals surface area contributed by atoms with Crippen LogP contribution in [0, 0.1) is 0 Å². The molecule has 0 aliphatic carbocycles. The minimum atomic E-state index is -0.794. The first-order chi connectivity index (χ1) is 7.33. The van der Waals surface area contributed by atoms with Crippen LogP contribution in [0.5, 0.6) is 0 Å². The van der Waals surface area contributed by atoms with Crippen molar-refractivity contribution in [3.63, 3.8) is 0 Å². The average Bonchev–Trinajstić information content (AvgIpc) is 2.28. The van der Waals surface area contributed by atoms with Gasteiger partial charge >= 0.3 is 0 Å². The van der Waals surface area contributed by atoms with Crippen molar-refractivity contribution in [1.29, 1.82) is 0 Å². The molecule has 1 rings (SSSR count). The fourth-order valence-electron chi connectivity index (χ4n) is 1.40. The van der Waals surface area contributed by atoms with Crippen LogP contribution in [-0.2, 0) is 22.7 Å². The molecule has 0 bridgehead atoms. The Hall–Kier alpha value is -0.510. The Balaban J connectivity index is 2.11. The molecule has 15 heavy (non-hydrogen) atoms. The molecule has 1 atom stereocenters. The third kappa shape index (κ3) is 5.82. The monoisotopic (exact) mass is 225 g/mol. The lowest BCUT2D eigenvalue weighted by atomic mass is 10.1. The summed E-state index contributed by atoms with van der Waals surface area (Å²) < 4.78 is 11.4. The third-order valence-corrected chi connectivity index (χ3v) is 3.68. The molecule has 1 aromatic carbocycles. The highest BCUT2D eigenvalue weighted by atomic mass is 32.2. The number of hydrogen-bond acceptors (Lipinski definition) is 1. The first-order valence-electron chi connectivity index (χ1n) is 5.30. The van der Waals surface area contributed by atoms with E-state index in [2.05, 4.69) is 12.1 Å². The van der Waals surface area contributed by atoms with E-state index in [1.165, 1.54) is 5.56 Å². The summed E-state index contributed by atoms with van der Waals surface area (Å²) in [7, 11) is 0. The lowest BCUT2D eigenvalue weighted by Gasteiger charge is -2.09. The summed E-state index contributed by atoms with van der Waals surface area (Å²) >= 11 is -0.794. The summed E-state index contributed by atoms with van der Waals surface area (Å²) in [5, 5.41) is 10.2. The quantitative estimate of drug-likeness (QED) is 0.656. The Morgan fingerprint density at radius 3 is 2.40 bits per heavy atom. The van der Waals surface area contributed by atoms with Crippen molar-refractivity contribution in [2.45, 2.75) is 19.3 Å². The van der Waals surface area contributed by atoms with Gasteiger partial charge in [-0.05, 0) is 18.4 Å². The van der Waals surface area contributed by atoms with E-state index in [4.69, 9.17) is 0 Å². The summed E-state index contributed by atoms with van der Waals surface area (Å²) in [6.07, 6.45) is 2.46. The van der Waals surface area contributed by atoms with E-state index in [9.17, 15) is 9.66 Å². The van der Waals surface area contributed by atoms with Crippen molar-refractivity contribution in [2.24, 2.45) is 0 Å². The Bertz CT molecular complexity index is 251. The van der Waals surface area contributed by atoms with Crippen molar-refractivity contribution >= 4 is 11.2 Å². The van der Waals surface area contributed by atoms with Gasteiger partial charge in [0.05, 0.1) is 6.61 Å². The molecule has 1 aromatic rings. The molecule has 0 saturated carbocycles. The highest BCUT2D eigenvalue weighted by Crippen LogP contribution is 2.05. The van der Waals surface area contributed by atoms with Gasteiger partial charge in [-0.15, -0.1) is 0 Å². The Morgan fingerprint density at radius 1 is 1.07 bits per heavy atom. The number of hydrogen-bond donors (Lipinski definition) is 0. The molecular weight excluding hydrogens is 208 g/mol. The second kappa shape index (κ2) is 7.74. The summed E-state index contributed by atoms with van der Waals surface area (Å²) in [6.45, 7) is -0.107. The SMILES string of the molecule is [O]CCC[S+]([O-])CCCc1ccccc1. The zero-order valence-corrected chi connectivity index (χ0v) is 9.67. The second-order valence-corrected chi connectivity index (χ2v) is 5.19. The van der Waals surface area contributed by atoms with Crippen LogP contribution in [0.1, 0.15) is 18.4 Å². The Labute approximate surface area is 94.5 Å². The summed E-state index contributed by atoms with van der Waals surface area (Å²) in [6, 6.07) is 10.2. The third-order valence-electron chi connectivity index (χ3n) is 2.20. The van der Waals surface area contributed by atoms with E-state index in [-0.39, 0.29) is 6.61 Å². The largest absolute Gasteiger partial charge is 0.616 e. The van der Waals surface area contributed by atoms with E-state index in [0.717, 1.165) is 18.6 Å². The van der Waals surface area contributed by atoms with Crippen molar-refractivity contribution in [2.75, 3.05) is 18.1 Å². The first kappa shape index (κ1) is 12.6. The minimum Gasteiger partial charge on any atom is -0.616 e. The lowest BCUT2D eigenvalue weighted by Crippen LogP contribution is -2.12. The van der Waals surface area contributed by atoms with Crippen molar-refractivity contribution < 1.29 is 9.66 Å². The fraction of sp³-hybridized carbons (Fsp3) is 0.500. The van der Waals surface area contributed by atoms with Crippen LogP contribution in [-0.4, -0.2) is 22.7 Å². The van der Waals surface area contributed by atoms with Gasteiger partial charge in [-0.2, -0.15) is 0 Å². The van der Waals surface area contributed by atoms with Crippen LogP contribution < -0.4 is 0 Å². The van der Waals surface area contributed by atoms with E-state index in [1.54, 1.807) is 0 Å². The van der Waals surface area contributed by atoms with Crippen LogP contribution >= 0.6 is 0 Å². The van der Waals surface area contributed by atoms with Gasteiger partial charge in [0.2, 0.25) is 0 Å². The molecule has 1 unspecified atom stereocenters. The van der Waals surface area contributed by atoms with Gasteiger partial charge in [-0.1, -0.05) is 41.5 Å². The van der Waals surface area contributed by atoms with Gasteiger partial charge < -0.3 is 4.55 Å². The maximum Gasteiger partial charge on any atom is 0.107 e. The van der Waals surface area contributed by atoms with Crippen molar-refractivity contribution in [3.05, 3.63) is 35.9 Å². The zero-order chi connectivity index (χ0) is 10.9. The number of aryl methyl sites for hydroxylation is 1. The van der Waals surface area contributed by atoms with Gasteiger partial charge in [-0.25, -0.2) is 5.11 Å². The Kier molecular flexibility index (Phi) is 6.48. The molecule has 0 amide bonds. The van der Waals surface area contributed by atoms with Gasteiger partial charge in [-0.3, -0.25) is 0 Å². The maximum atomic E-state index is 11.4. The predicted molar refractivity (Wildman–Crippen MR) is 62.8 cm³/mol. The molecule has 0 heterocycles. The van der Waals surface area contributed by atoms with E-state index >= 15 is 0 Å². The molecule has 3 heteroatoms. The fourth-order valence-corrected chi connectivity index (χ4v) is 2.51. The molecule has 0 aliphatic heterocycles. The van der Waals surface area contributed by atoms with Crippen LogP contribution in [0.15, 0.2) is 30.3 Å². The van der Waals surface area contributed by atoms with E-state index in [0.29, 0.717) is 12.2 Å². The average molecular weight is 225 g/mol. The first-order valence-corrected chi connectivity index (χ1v) is 6.78. The van der Waals surface area contributed by atoms with Gasteiger partial charge in [0, 0.05) is 6.42 Å². The summed E-state index contributed by atoms with van der Waals surface area (Å²) in [5.74, 6) is 1.28. The Morgan fingerprint density at radius 2 is 1.73 bits per heavy atom. The zero-order valence-electron chi connectivity index (χ0n) is 8.85. The maximum absolute atomic E-state index is 11.4. The smallest absolute Gasteiger partial charge is 0.107 e. The van der Waals surface area contributed by atoms with Gasteiger partial charge in [0.1, 0.15) is 11.5 Å². The summed E-state index contributed by atoms with van der Waals surface area (Å²) in [5.41, 5.74) is 1.29. The number of benzene rings is 1. The minimum absolute atomic E-state index is 0.107. The highest BCUT2D eigenvalue weighted by Gasteiger charge is 2.05. The second-order valence-electron chi connectivity index (χ2n) is 3.49. The van der Waals surface area contributed by atoms with Crippen LogP contribution in [0.2, 0.25) is 0 Å². The summed E-state index contributed by atoms with van der Waals surface area (Å²) in [4.78, 5) is 0. The molecule has 0 aromatic heterocycles. The molecule has 0 saturated heterocycles. The van der Waals surface area contributed by atoms with Crippen molar-refractivity contribution in [1.82, 2.24) is 0 Å². The highest BCUT2D eigenvalue weighted by molar-refractivity contribution is 7.91. The molecular formula is C12H17O2S. The molecule has 0 N–H and O–H groups in total. The van der Waals surface area contributed by atoms with Gasteiger partial charge in [0.15, 0.2) is 0 Å². The molecule has 0 fully saturated rings.